The van der Waals surface area contributed by atoms with E-state index in [1.165, 1.54) is 16.2 Å². The molecule has 1 aliphatic rings. The van der Waals surface area contributed by atoms with E-state index in [-0.39, 0.29) is 12.5 Å². The Hall–Kier alpha value is -2.51. The van der Waals surface area contributed by atoms with Crippen LogP contribution in [0.3, 0.4) is 0 Å². The molecule has 0 saturated carbocycles. The summed E-state index contributed by atoms with van der Waals surface area (Å²) in [7, 11) is 0. The molecule has 3 heterocycles. The van der Waals surface area contributed by atoms with Gasteiger partial charge in [0, 0.05) is 17.6 Å². The normalized spacial score (nSPS) is 16.2. The van der Waals surface area contributed by atoms with Gasteiger partial charge in [0.15, 0.2) is 0 Å². The highest BCUT2D eigenvalue weighted by molar-refractivity contribution is 7.20. The Labute approximate surface area is 145 Å². The van der Waals surface area contributed by atoms with Gasteiger partial charge in [0.05, 0.1) is 4.88 Å². The van der Waals surface area contributed by atoms with Gasteiger partial charge >= 0.3 is 5.97 Å². The molecule has 1 atom stereocenters. The number of carbonyl (C=O) groups excluding carboxylic acids is 1. The minimum atomic E-state index is -0.921. The van der Waals surface area contributed by atoms with Crippen molar-refractivity contribution in [3.63, 3.8) is 0 Å². The van der Waals surface area contributed by atoms with E-state index in [0.29, 0.717) is 16.9 Å². The zero-order valence-corrected chi connectivity index (χ0v) is 14.0. The minimum Gasteiger partial charge on any atom is -0.481 e. The summed E-state index contributed by atoms with van der Waals surface area (Å²) in [6.45, 7) is 0.138. The molecule has 0 radical (unpaired) electrons. The lowest BCUT2D eigenvalue weighted by molar-refractivity contribution is -0.138. The molecule has 2 aromatic heterocycles. The van der Waals surface area contributed by atoms with Crippen molar-refractivity contribution in [3.8, 4) is 9.88 Å². The van der Waals surface area contributed by atoms with Crippen LogP contribution in [0, 0.1) is 0 Å². The van der Waals surface area contributed by atoms with Gasteiger partial charge in [0.25, 0.3) is 5.91 Å². The summed E-state index contributed by atoms with van der Waals surface area (Å²) < 4.78 is 0. The predicted molar refractivity (Wildman–Crippen MR) is 93.9 cm³/mol. The van der Waals surface area contributed by atoms with E-state index in [9.17, 15) is 14.7 Å². The average molecular weight is 356 g/mol. The number of anilines is 1. The van der Waals surface area contributed by atoms with Crippen LogP contribution in [0.15, 0.2) is 47.2 Å². The number of aromatic nitrogens is 1. The monoisotopic (exact) mass is 356 g/mol. The predicted octanol–water partition coefficient (Wildman–Crippen LogP) is 3.70. The molecule has 0 spiro atoms. The zero-order chi connectivity index (χ0) is 16.7. The van der Waals surface area contributed by atoms with Gasteiger partial charge in [-0.25, -0.2) is 4.98 Å². The van der Waals surface area contributed by atoms with Crippen LogP contribution < -0.4 is 4.90 Å². The molecule has 0 saturated heterocycles. The topological polar surface area (TPSA) is 70.5 Å². The molecule has 5 nitrogen and oxygen atoms in total. The highest BCUT2D eigenvalue weighted by Crippen LogP contribution is 2.37. The van der Waals surface area contributed by atoms with Crippen molar-refractivity contribution in [1.82, 2.24) is 4.98 Å². The van der Waals surface area contributed by atoms with Crippen LogP contribution in [-0.2, 0) is 4.79 Å². The Bertz CT molecular complexity index is 918. The molecule has 0 unspecified atom stereocenters. The van der Waals surface area contributed by atoms with Crippen molar-refractivity contribution in [2.24, 2.45) is 0 Å². The van der Waals surface area contributed by atoms with Gasteiger partial charge in [-0.3, -0.25) is 9.59 Å². The first-order valence-electron chi connectivity index (χ1n) is 7.28. The smallest absolute Gasteiger partial charge is 0.312 e. The highest BCUT2D eigenvalue weighted by Gasteiger charge is 2.37. The Morgan fingerprint density at radius 3 is 2.75 bits per heavy atom. The number of aliphatic carboxylic acids is 1. The first-order chi connectivity index (χ1) is 11.6. The second-order valence-corrected chi connectivity index (χ2v) is 7.19. The summed E-state index contributed by atoms with van der Waals surface area (Å²) in [6.07, 6.45) is 0. The molecule has 7 heteroatoms. The number of benzene rings is 1. The molecule has 0 aliphatic carbocycles. The number of rotatable bonds is 3. The SMILES string of the molecule is O=C(O)[C@H]1CN(C(=O)c2csc(-c3cccs3)n2)c2ccccc21. The van der Waals surface area contributed by atoms with E-state index in [4.69, 9.17) is 0 Å². The molecule has 0 fully saturated rings. The number of carboxylic acid groups (broad SMARTS) is 1. The standard InChI is InChI=1S/C17H12N2O3S2/c20-16(12-9-24-15(18-12)14-6-3-7-23-14)19-8-11(17(21)22)10-4-1-2-5-13(10)19/h1-7,9,11H,8H2,(H,21,22)/t11-/m0/s1. The van der Waals surface area contributed by atoms with E-state index in [2.05, 4.69) is 4.98 Å². The van der Waals surface area contributed by atoms with E-state index in [1.54, 1.807) is 34.9 Å². The van der Waals surface area contributed by atoms with Crippen molar-refractivity contribution in [2.75, 3.05) is 11.4 Å². The third kappa shape index (κ3) is 2.42. The summed E-state index contributed by atoms with van der Waals surface area (Å²) in [6, 6.07) is 11.0. The molecule has 4 rings (SSSR count). The number of para-hydroxylation sites is 1. The number of carboxylic acids is 1. The highest BCUT2D eigenvalue weighted by atomic mass is 32.1. The molecule has 24 heavy (non-hydrogen) atoms. The van der Waals surface area contributed by atoms with Gasteiger partial charge < -0.3 is 10.0 Å². The van der Waals surface area contributed by atoms with E-state index < -0.39 is 11.9 Å². The number of thiophene rings is 1. The first-order valence-corrected chi connectivity index (χ1v) is 9.04. The maximum Gasteiger partial charge on any atom is 0.312 e. The fourth-order valence-electron chi connectivity index (χ4n) is 2.83. The van der Waals surface area contributed by atoms with Crippen molar-refractivity contribution >= 4 is 40.2 Å². The molecule has 1 aliphatic heterocycles. The second-order valence-electron chi connectivity index (χ2n) is 5.38. The summed E-state index contributed by atoms with van der Waals surface area (Å²) >= 11 is 2.99. The molecule has 120 valence electrons. The molecular formula is C17H12N2O3S2. The van der Waals surface area contributed by atoms with Gasteiger partial charge in [-0.1, -0.05) is 24.3 Å². The quantitative estimate of drug-likeness (QED) is 0.777. The van der Waals surface area contributed by atoms with Gasteiger partial charge in [-0.15, -0.1) is 22.7 Å². The molecule has 0 bridgehead atoms. The van der Waals surface area contributed by atoms with Crippen molar-refractivity contribution < 1.29 is 14.7 Å². The summed E-state index contributed by atoms with van der Waals surface area (Å²) in [5.41, 5.74) is 1.68. The van der Waals surface area contributed by atoms with Crippen LogP contribution >= 0.6 is 22.7 Å². The number of thiazole rings is 1. The number of fused-ring (bicyclic) bond motifs is 1. The maximum atomic E-state index is 12.8. The average Bonchev–Trinajstić information content (AvgIpc) is 3.32. The van der Waals surface area contributed by atoms with Crippen LogP contribution in [0.5, 0.6) is 0 Å². The fraction of sp³-hybridized carbons (Fsp3) is 0.118. The van der Waals surface area contributed by atoms with Crippen LogP contribution in [0.2, 0.25) is 0 Å². The van der Waals surface area contributed by atoms with Crippen LogP contribution in [0.25, 0.3) is 9.88 Å². The number of amides is 1. The third-order valence-electron chi connectivity index (χ3n) is 3.97. The first kappa shape index (κ1) is 15.0. The molecule has 1 amide bonds. The number of hydrogen-bond acceptors (Lipinski definition) is 5. The van der Waals surface area contributed by atoms with Crippen LogP contribution in [-0.4, -0.2) is 28.5 Å². The second kappa shape index (κ2) is 5.85. The Morgan fingerprint density at radius 2 is 2.00 bits per heavy atom. The minimum absolute atomic E-state index is 0.138. The van der Waals surface area contributed by atoms with Crippen LogP contribution in [0.4, 0.5) is 5.69 Å². The molecule has 1 N–H and O–H groups in total. The van der Waals surface area contributed by atoms with Crippen molar-refractivity contribution in [3.05, 3.63) is 58.4 Å². The van der Waals surface area contributed by atoms with Gasteiger partial charge in [-0.05, 0) is 23.1 Å². The van der Waals surface area contributed by atoms with E-state index in [1.807, 2.05) is 23.6 Å². The zero-order valence-electron chi connectivity index (χ0n) is 12.4. The molecular weight excluding hydrogens is 344 g/mol. The van der Waals surface area contributed by atoms with Crippen molar-refractivity contribution in [2.45, 2.75) is 5.92 Å². The number of nitrogens with zero attached hydrogens (tertiary/aromatic N) is 2. The maximum absolute atomic E-state index is 12.8. The molecule has 3 aromatic rings. The Morgan fingerprint density at radius 1 is 1.17 bits per heavy atom. The number of carbonyl (C=O) groups is 2. The third-order valence-corrected chi connectivity index (χ3v) is 5.85. The van der Waals surface area contributed by atoms with E-state index in [0.717, 1.165) is 9.88 Å². The summed E-state index contributed by atoms with van der Waals surface area (Å²) in [4.78, 5) is 31.3. The van der Waals surface area contributed by atoms with Gasteiger partial charge in [-0.2, -0.15) is 0 Å². The van der Waals surface area contributed by atoms with Crippen LogP contribution in [0.1, 0.15) is 22.0 Å². The van der Waals surface area contributed by atoms with Gasteiger partial charge in [0.1, 0.15) is 16.6 Å². The lowest BCUT2D eigenvalue weighted by Gasteiger charge is -2.15. The lowest BCUT2D eigenvalue weighted by Crippen LogP contribution is -2.31. The Kier molecular flexibility index (Phi) is 3.66. The largest absolute Gasteiger partial charge is 0.481 e. The van der Waals surface area contributed by atoms with Crippen molar-refractivity contribution in [1.29, 1.82) is 0 Å². The lowest BCUT2D eigenvalue weighted by atomic mass is 10.0. The molecule has 1 aromatic carbocycles. The Balaban J connectivity index is 1.67. The van der Waals surface area contributed by atoms with Gasteiger partial charge in [0.2, 0.25) is 0 Å². The van der Waals surface area contributed by atoms with E-state index >= 15 is 0 Å². The number of hydrogen-bond donors (Lipinski definition) is 1. The summed E-state index contributed by atoms with van der Waals surface area (Å²) in [5.74, 6) is -1.87. The summed E-state index contributed by atoms with van der Waals surface area (Å²) in [5, 5.41) is 13.9. The fourth-order valence-corrected chi connectivity index (χ4v) is 4.44.